The van der Waals surface area contributed by atoms with Gasteiger partial charge in [-0.1, -0.05) is 24.5 Å². The molecule has 1 aromatic rings. The van der Waals surface area contributed by atoms with E-state index in [0.717, 1.165) is 6.42 Å². The molecule has 0 aromatic carbocycles. The minimum atomic E-state index is -1.53. The summed E-state index contributed by atoms with van der Waals surface area (Å²) in [6.45, 7) is 5.36. The molecule has 48 heteroatoms. The molecule has 3 aliphatic rings. The van der Waals surface area contributed by atoms with E-state index in [1.165, 1.54) is 0 Å². The number of aryl methyl sites for hydroxylation is 1. The highest BCUT2D eigenvalue weighted by molar-refractivity contribution is 5.80. The van der Waals surface area contributed by atoms with Crippen LogP contribution in [0.1, 0.15) is 167 Å². The second-order valence-corrected chi connectivity index (χ2v) is 34.1. The zero-order valence-electron chi connectivity index (χ0n) is 81.3. The van der Waals surface area contributed by atoms with Gasteiger partial charge in [0.05, 0.1) is 204 Å². The predicted octanol–water partition coefficient (Wildman–Crippen LogP) is -3.94. The standard InChI is InChI=1S/C92H165N11O37/c93-67(58-96-29-37-123-40-43-126-46-49-129-52-55-135-89-86(120)83(117)80(114)75(61-104)138-89)18-21-70(107)12-4-1-6-14-73(110)24-34-132-64-92(101-79(113)17-8-3-11-32-103-33-28-100-102-103,65-133-35-25-74(111)15-7-2-5-13-71(108)22-19-68(94)59-97-30-38-124-41-44-127-47-50-130-53-56-136-90-87(121)84(118)81(115)76(62-105)139-90)66-134-36-26-78(112)99-27-10-9-16-72(109)23-20-69(95)60-98-31-39-125-42-45-128-48-51-131-54-57-137-91-88(122)85(119)82(116)77(63-106)140-91/h28,33,58-60,75-77,80-91,96-98,104-106,114-122H,1-27,29-32,34-57,61-66,93-95H2,(H,99,112)(H,101,113)/b67-58-,68-59-,69-60-/t75?,76?,77?,80-,81-,82-,83?,84?,85?,86-,87-,88-,89+,90+,91+,92?/m1/s1. The van der Waals surface area contributed by atoms with Crippen LogP contribution in [0.4, 0.5) is 0 Å². The van der Waals surface area contributed by atoms with Crippen molar-refractivity contribution in [3.63, 3.8) is 0 Å². The number of aliphatic hydroxyl groups is 12. The fourth-order valence-corrected chi connectivity index (χ4v) is 14.0. The average molecular weight is 2020 g/mol. The van der Waals surface area contributed by atoms with Gasteiger partial charge in [0, 0.05) is 152 Å². The van der Waals surface area contributed by atoms with E-state index in [9.17, 15) is 94.8 Å². The van der Waals surface area contributed by atoms with Crippen molar-refractivity contribution in [1.82, 2.24) is 41.6 Å². The molecule has 23 N–H and O–H groups in total. The van der Waals surface area contributed by atoms with Gasteiger partial charge >= 0.3 is 0 Å². The van der Waals surface area contributed by atoms with Gasteiger partial charge in [-0.05, 0) is 70.6 Å². The molecule has 15 atom stereocenters. The van der Waals surface area contributed by atoms with E-state index in [1.807, 2.05) is 0 Å². The van der Waals surface area contributed by atoms with Crippen LogP contribution in [0.3, 0.4) is 0 Å². The van der Waals surface area contributed by atoms with E-state index in [2.05, 4.69) is 36.9 Å². The number of aromatic nitrogens is 3. The van der Waals surface area contributed by atoms with E-state index in [0.29, 0.717) is 225 Å². The molecule has 0 aliphatic carbocycles. The molecule has 140 heavy (non-hydrogen) atoms. The van der Waals surface area contributed by atoms with Gasteiger partial charge in [-0.15, -0.1) is 5.10 Å². The summed E-state index contributed by atoms with van der Waals surface area (Å²) in [6.07, 6.45) is -1.91. The highest BCUT2D eigenvalue weighted by Crippen LogP contribution is 2.26. The van der Waals surface area contributed by atoms with Crippen LogP contribution in [0.5, 0.6) is 0 Å². The first kappa shape index (κ1) is 126. The fourth-order valence-electron chi connectivity index (χ4n) is 14.0. The number of amides is 2. The largest absolute Gasteiger partial charge is 0.401 e. The molecule has 0 spiro atoms. The van der Waals surface area contributed by atoms with Crippen LogP contribution < -0.4 is 43.8 Å². The summed E-state index contributed by atoms with van der Waals surface area (Å²) in [5, 5.41) is 141. The lowest BCUT2D eigenvalue weighted by atomic mass is 9.99. The Kier molecular flexibility index (Phi) is 72.2. The van der Waals surface area contributed by atoms with Gasteiger partial charge in [0.2, 0.25) is 11.8 Å². The number of nitrogens with one attached hydrogen (secondary N) is 5. The first-order chi connectivity index (χ1) is 67.8. The van der Waals surface area contributed by atoms with Crippen molar-refractivity contribution in [1.29, 1.82) is 0 Å². The SMILES string of the molecule is N/C(=C\NCCOCCOCCOCCO[C@H]1OC(CO)[C@@H](O)C(O)[C@H]1O)CCC(=O)CCCCCC(=O)CCOCC(COCCC(=O)CCCCCC(=O)CC/C(N)=C/NCCOCCOCCOCCO[C@H]1OC(CO)[C@@H](O)C(O)[C@H]1O)(COCCC(=O)NCCCCC(=O)CC/C(N)=C/NCCOCCOCCOCCO[C@H]1OC(CO)[C@@H](O)C(O)[C@H]1O)NC(=O)CCCCCn1ccnn1. The minimum Gasteiger partial charge on any atom is -0.401 e. The first-order valence-electron chi connectivity index (χ1n) is 49.0. The number of nitrogens with two attached hydrogens (primary N) is 3. The molecule has 3 aliphatic heterocycles. The van der Waals surface area contributed by atoms with Gasteiger partial charge < -0.3 is 190 Å². The zero-order chi connectivity index (χ0) is 102. The molecule has 3 saturated heterocycles. The molecular weight excluding hydrogens is 1850 g/mol. The number of unbranched alkanes of at least 4 members (excludes halogenated alkanes) is 7. The normalized spacial score (nSPS) is 22.3. The highest BCUT2D eigenvalue weighted by atomic mass is 16.7. The van der Waals surface area contributed by atoms with Gasteiger partial charge in [0.25, 0.3) is 0 Å². The molecule has 48 nitrogen and oxygen atoms in total. The molecule has 0 bridgehead atoms. The van der Waals surface area contributed by atoms with E-state index >= 15 is 0 Å². The van der Waals surface area contributed by atoms with Gasteiger partial charge in [0.15, 0.2) is 18.9 Å². The van der Waals surface area contributed by atoms with Crippen molar-refractivity contribution < 1.29 is 180 Å². The number of ether oxygens (including phenoxy) is 18. The van der Waals surface area contributed by atoms with Crippen LogP contribution in [0.2, 0.25) is 0 Å². The van der Waals surface area contributed by atoms with E-state index in [-0.39, 0.29) is 204 Å². The van der Waals surface area contributed by atoms with E-state index in [1.54, 1.807) is 35.7 Å². The molecule has 2 amide bonds. The molecule has 1 aromatic heterocycles. The van der Waals surface area contributed by atoms with Crippen molar-refractivity contribution in [3.05, 3.63) is 48.1 Å². The van der Waals surface area contributed by atoms with Gasteiger partial charge in [-0.3, -0.25) is 38.2 Å². The molecule has 810 valence electrons. The number of ketones is 5. The Balaban J connectivity index is 1.15. The maximum absolute atomic E-state index is 14.0. The number of rotatable bonds is 93. The highest BCUT2D eigenvalue weighted by Gasteiger charge is 2.47. The van der Waals surface area contributed by atoms with Crippen LogP contribution in [-0.4, -0.2) is 439 Å². The topological polar surface area (TPSA) is 697 Å². The third-order valence-electron chi connectivity index (χ3n) is 22.3. The quantitative estimate of drug-likeness (QED) is 0.0277. The number of carbonyl (C=O) groups is 7. The molecule has 0 radical (unpaired) electrons. The Morgan fingerprint density at radius 3 is 0.943 bits per heavy atom. The molecular formula is C92H165N11O37. The Labute approximate surface area is 819 Å². The average Bonchev–Trinajstić information content (AvgIpc) is 0.850. The fraction of sp³-hybridized carbons (Fsp3) is 0.837. The molecule has 4 rings (SSSR count). The van der Waals surface area contributed by atoms with Crippen molar-refractivity contribution >= 4 is 40.7 Å². The van der Waals surface area contributed by atoms with Crippen molar-refractivity contribution in [3.8, 4) is 0 Å². The Bertz CT molecular complexity index is 3160. The van der Waals surface area contributed by atoms with Crippen LogP contribution in [0.25, 0.3) is 0 Å². The maximum atomic E-state index is 14.0. The summed E-state index contributed by atoms with van der Waals surface area (Å²) in [5.41, 5.74) is 18.6. The Hall–Kier alpha value is -6.75. The lowest BCUT2D eigenvalue weighted by molar-refractivity contribution is -0.302. The second-order valence-electron chi connectivity index (χ2n) is 34.1. The smallest absolute Gasteiger partial charge is 0.222 e. The summed E-state index contributed by atoms with van der Waals surface area (Å²) in [7, 11) is 0. The lowest BCUT2D eigenvalue weighted by Gasteiger charge is -2.39. The van der Waals surface area contributed by atoms with Crippen LogP contribution in [0, 0.1) is 0 Å². The molecule has 3 fully saturated rings. The lowest BCUT2D eigenvalue weighted by Crippen LogP contribution is -2.59. The van der Waals surface area contributed by atoms with E-state index in [4.69, 9.17) is 102 Å². The number of nitrogens with zero attached hydrogens (tertiary/aromatic N) is 3. The van der Waals surface area contributed by atoms with E-state index < -0.39 is 117 Å². The Morgan fingerprint density at radius 1 is 0.314 bits per heavy atom. The maximum Gasteiger partial charge on any atom is 0.222 e. The number of aliphatic hydroxyl groups excluding tert-OH is 12. The zero-order valence-corrected chi connectivity index (χ0v) is 81.3. The van der Waals surface area contributed by atoms with Crippen LogP contribution in [-0.2, 0) is 125 Å². The van der Waals surface area contributed by atoms with Crippen molar-refractivity contribution in [2.45, 2.75) is 271 Å². The Morgan fingerprint density at radius 2 is 0.614 bits per heavy atom. The van der Waals surface area contributed by atoms with Gasteiger partial charge in [-0.2, -0.15) is 0 Å². The molecule has 4 heterocycles. The van der Waals surface area contributed by atoms with Gasteiger partial charge in [0.1, 0.15) is 108 Å². The predicted molar refractivity (Wildman–Crippen MR) is 499 cm³/mol. The third-order valence-corrected chi connectivity index (χ3v) is 22.3. The second kappa shape index (κ2) is 80.5. The number of carbonyl (C=O) groups excluding carboxylic acids is 7. The van der Waals surface area contributed by atoms with Crippen LogP contribution in [0.15, 0.2) is 48.1 Å². The number of hydrogen-bond donors (Lipinski definition) is 20. The molecule has 6 unspecified atom stereocenters. The minimum absolute atomic E-state index is 0.00397. The van der Waals surface area contributed by atoms with Crippen molar-refractivity contribution in [2.24, 2.45) is 17.2 Å². The van der Waals surface area contributed by atoms with Crippen LogP contribution >= 0.6 is 0 Å². The number of Topliss-reactive ketones (excluding diaryl/α,β-unsaturated/α-hetero) is 5. The summed E-state index contributed by atoms with van der Waals surface area (Å²) in [4.78, 5) is 92.0. The van der Waals surface area contributed by atoms with Gasteiger partial charge in [-0.25, -0.2) is 0 Å². The first-order valence-corrected chi connectivity index (χ1v) is 49.0. The summed E-state index contributed by atoms with van der Waals surface area (Å²) in [6, 6.07) is 0. The molecule has 0 saturated carbocycles. The van der Waals surface area contributed by atoms with Crippen molar-refractivity contribution in [2.75, 3.05) is 224 Å². The summed E-state index contributed by atoms with van der Waals surface area (Å²) < 4.78 is 102. The third kappa shape index (κ3) is 59.6. The summed E-state index contributed by atoms with van der Waals surface area (Å²) >= 11 is 0. The monoisotopic (exact) mass is 2020 g/mol. The number of hydrogen-bond acceptors (Lipinski definition) is 45. The number of allylic oxidation sites excluding steroid dienone is 3. The summed E-state index contributed by atoms with van der Waals surface area (Å²) in [5.74, 6) is -0.618.